The maximum absolute atomic E-state index is 12.5. The minimum Gasteiger partial charge on any atom is -0.548 e. The molecule has 7 nitrogen and oxygen atoms in total. The molecule has 0 saturated carbocycles. The van der Waals surface area contributed by atoms with Crippen LogP contribution in [0.4, 0.5) is 0 Å². The van der Waals surface area contributed by atoms with Crippen molar-refractivity contribution in [2.45, 2.75) is 33.2 Å². The third kappa shape index (κ3) is 3.70. The van der Waals surface area contributed by atoms with Crippen LogP contribution in [0.25, 0.3) is 33.1 Å². The van der Waals surface area contributed by atoms with Gasteiger partial charge in [0, 0.05) is 22.4 Å². The second kappa shape index (κ2) is 7.75. The molecule has 7 heteroatoms. The van der Waals surface area contributed by atoms with E-state index in [-0.39, 0.29) is 12.0 Å². The number of carboxylic acid groups (broad SMARTS) is 1. The summed E-state index contributed by atoms with van der Waals surface area (Å²) in [6.07, 6.45) is -0.296. The summed E-state index contributed by atoms with van der Waals surface area (Å²) in [5.74, 6) is -1.26. The van der Waals surface area contributed by atoms with Gasteiger partial charge in [0.2, 0.25) is 5.91 Å². The lowest BCUT2D eigenvalue weighted by atomic mass is 9.98. The molecule has 2 aromatic carbocycles. The average molecular weight is 418 g/mol. The second-order valence-electron chi connectivity index (χ2n) is 7.52. The summed E-state index contributed by atoms with van der Waals surface area (Å²) in [5, 5.41) is 14.7. The van der Waals surface area contributed by atoms with Gasteiger partial charge >= 0.3 is 5.63 Å². The van der Waals surface area contributed by atoms with Crippen molar-refractivity contribution < 1.29 is 23.5 Å². The standard InChI is InChI=1S/C24H21NO6/c1-12-16-9-18-20(30-14(3)22(18)15-7-5-4-6-8-15)11-19(16)31-24(29)17(12)10-21(26)25-13(2)23(27)28/h4-9,11,13H,10H2,1-3H3,(H,25,26)(H,27,28)/p-1/t13-/m0/s1. The molecule has 0 spiro atoms. The average Bonchev–Trinajstić information content (AvgIpc) is 3.05. The van der Waals surface area contributed by atoms with E-state index in [4.69, 9.17) is 8.83 Å². The Kier molecular flexibility index (Phi) is 5.10. The van der Waals surface area contributed by atoms with E-state index in [2.05, 4.69) is 5.32 Å². The molecule has 158 valence electrons. The summed E-state index contributed by atoms with van der Waals surface area (Å²) in [6, 6.07) is 12.2. The number of rotatable bonds is 5. The topological polar surface area (TPSA) is 113 Å². The summed E-state index contributed by atoms with van der Waals surface area (Å²) in [5.41, 5.74) is 3.04. The molecule has 0 aliphatic heterocycles. The molecule has 1 amide bonds. The predicted molar refractivity (Wildman–Crippen MR) is 113 cm³/mol. The van der Waals surface area contributed by atoms with Crippen LogP contribution in [-0.2, 0) is 16.0 Å². The molecule has 0 fully saturated rings. The van der Waals surface area contributed by atoms with Crippen LogP contribution in [-0.4, -0.2) is 17.9 Å². The number of fused-ring (bicyclic) bond motifs is 2. The summed E-state index contributed by atoms with van der Waals surface area (Å²) in [7, 11) is 0. The van der Waals surface area contributed by atoms with Gasteiger partial charge in [0.05, 0.1) is 24.0 Å². The molecule has 4 rings (SSSR count). The number of carbonyl (C=O) groups is 2. The smallest absolute Gasteiger partial charge is 0.340 e. The highest BCUT2D eigenvalue weighted by Crippen LogP contribution is 2.37. The van der Waals surface area contributed by atoms with Gasteiger partial charge in [-0.05, 0) is 38.0 Å². The minimum atomic E-state index is -1.40. The van der Waals surface area contributed by atoms with Crippen LogP contribution in [0.5, 0.6) is 0 Å². The first-order valence-corrected chi connectivity index (χ1v) is 9.81. The number of hydrogen-bond donors (Lipinski definition) is 1. The van der Waals surface area contributed by atoms with Crippen LogP contribution in [0.2, 0.25) is 0 Å². The fraction of sp³-hybridized carbons (Fsp3) is 0.208. The first kappa shape index (κ1) is 20.4. The van der Waals surface area contributed by atoms with Crippen LogP contribution in [0, 0.1) is 13.8 Å². The lowest BCUT2D eigenvalue weighted by molar-refractivity contribution is -0.307. The Morgan fingerprint density at radius 1 is 1.03 bits per heavy atom. The van der Waals surface area contributed by atoms with E-state index in [1.54, 1.807) is 13.0 Å². The van der Waals surface area contributed by atoms with Crippen molar-refractivity contribution >= 4 is 33.8 Å². The Morgan fingerprint density at radius 3 is 2.39 bits per heavy atom. The molecule has 0 aliphatic rings. The number of amides is 1. The normalized spacial score (nSPS) is 12.2. The van der Waals surface area contributed by atoms with Gasteiger partial charge in [0.25, 0.3) is 0 Å². The largest absolute Gasteiger partial charge is 0.548 e. The molecule has 0 saturated heterocycles. The zero-order valence-corrected chi connectivity index (χ0v) is 17.3. The number of carboxylic acids is 1. The van der Waals surface area contributed by atoms with Gasteiger partial charge in [-0.15, -0.1) is 0 Å². The number of carbonyl (C=O) groups excluding carboxylic acids is 2. The van der Waals surface area contributed by atoms with Crippen molar-refractivity contribution in [3.05, 3.63) is 69.8 Å². The second-order valence-corrected chi connectivity index (χ2v) is 7.52. The van der Waals surface area contributed by atoms with E-state index < -0.39 is 23.5 Å². The Bertz CT molecular complexity index is 1380. The van der Waals surface area contributed by atoms with Crippen molar-refractivity contribution in [3.8, 4) is 11.1 Å². The summed E-state index contributed by atoms with van der Waals surface area (Å²) < 4.78 is 11.4. The lowest BCUT2D eigenvalue weighted by Gasteiger charge is -2.15. The van der Waals surface area contributed by atoms with E-state index in [1.165, 1.54) is 6.92 Å². The lowest BCUT2D eigenvalue weighted by Crippen LogP contribution is -2.46. The highest BCUT2D eigenvalue weighted by atomic mass is 16.4. The Balaban J connectivity index is 1.84. The van der Waals surface area contributed by atoms with Gasteiger partial charge < -0.3 is 24.1 Å². The van der Waals surface area contributed by atoms with E-state index >= 15 is 0 Å². The molecule has 1 N–H and O–H groups in total. The third-order valence-electron chi connectivity index (χ3n) is 5.40. The highest BCUT2D eigenvalue weighted by Gasteiger charge is 2.19. The fourth-order valence-corrected chi connectivity index (χ4v) is 3.78. The van der Waals surface area contributed by atoms with Gasteiger partial charge in [0.15, 0.2) is 0 Å². The van der Waals surface area contributed by atoms with Crippen molar-refractivity contribution in [1.29, 1.82) is 0 Å². The van der Waals surface area contributed by atoms with Crippen molar-refractivity contribution in [1.82, 2.24) is 5.32 Å². The zero-order valence-electron chi connectivity index (χ0n) is 17.3. The van der Waals surface area contributed by atoms with Gasteiger partial charge in [-0.25, -0.2) is 4.79 Å². The summed E-state index contributed by atoms with van der Waals surface area (Å²) in [6.45, 7) is 4.92. The van der Waals surface area contributed by atoms with E-state index in [0.29, 0.717) is 22.1 Å². The Hall–Kier alpha value is -3.87. The molecule has 2 aromatic heterocycles. The van der Waals surface area contributed by atoms with Crippen molar-refractivity contribution in [2.24, 2.45) is 0 Å². The van der Waals surface area contributed by atoms with Crippen LogP contribution >= 0.6 is 0 Å². The summed E-state index contributed by atoms with van der Waals surface area (Å²) in [4.78, 5) is 35.6. The monoisotopic (exact) mass is 418 g/mol. The van der Waals surface area contributed by atoms with E-state index in [0.717, 1.165) is 22.3 Å². The fourth-order valence-electron chi connectivity index (χ4n) is 3.78. The van der Waals surface area contributed by atoms with Crippen molar-refractivity contribution in [2.75, 3.05) is 0 Å². The summed E-state index contributed by atoms with van der Waals surface area (Å²) >= 11 is 0. The Labute approximate surface area is 177 Å². The highest BCUT2D eigenvalue weighted by molar-refractivity contribution is 6.03. The molecular formula is C24H20NO6-. The predicted octanol–water partition coefficient (Wildman–Crippen LogP) is 2.62. The molecule has 31 heavy (non-hydrogen) atoms. The quantitative estimate of drug-likeness (QED) is 0.499. The molecular weight excluding hydrogens is 398 g/mol. The van der Waals surface area contributed by atoms with E-state index in [1.807, 2.05) is 43.3 Å². The van der Waals surface area contributed by atoms with Gasteiger partial charge in [-0.1, -0.05) is 30.3 Å². The molecule has 0 radical (unpaired) electrons. The minimum absolute atomic E-state index is 0.177. The SMILES string of the molecule is Cc1oc2cc3oc(=O)c(CC(=O)N[C@@H](C)C(=O)[O-])c(C)c3cc2c1-c1ccccc1. The molecule has 0 aliphatic carbocycles. The number of furan rings is 1. The zero-order chi connectivity index (χ0) is 22.3. The van der Waals surface area contributed by atoms with Gasteiger partial charge in [0.1, 0.15) is 16.9 Å². The van der Waals surface area contributed by atoms with Gasteiger partial charge in [-0.2, -0.15) is 0 Å². The number of aliphatic carboxylic acids is 1. The maximum Gasteiger partial charge on any atom is 0.340 e. The Morgan fingerprint density at radius 2 is 1.71 bits per heavy atom. The third-order valence-corrected chi connectivity index (χ3v) is 5.40. The number of aryl methyl sites for hydroxylation is 2. The van der Waals surface area contributed by atoms with Gasteiger partial charge in [-0.3, -0.25) is 4.79 Å². The first-order valence-electron chi connectivity index (χ1n) is 9.81. The number of hydrogen-bond acceptors (Lipinski definition) is 6. The van der Waals surface area contributed by atoms with Crippen LogP contribution < -0.4 is 16.0 Å². The molecule has 4 aromatic rings. The molecule has 1 atom stereocenters. The van der Waals surface area contributed by atoms with Crippen LogP contribution in [0.1, 0.15) is 23.8 Å². The van der Waals surface area contributed by atoms with Crippen molar-refractivity contribution in [3.63, 3.8) is 0 Å². The van der Waals surface area contributed by atoms with Crippen LogP contribution in [0.3, 0.4) is 0 Å². The number of nitrogens with one attached hydrogen (secondary N) is 1. The maximum atomic E-state index is 12.5. The first-order chi connectivity index (χ1) is 14.8. The number of benzene rings is 2. The van der Waals surface area contributed by atoms with E-state index in [9.17, 15) is 19.5 Å². The molecule has 0 bridgehead atoms. The molecule has 2 heterocycles. The molecule has 0 unspecified atom stereocenters. The van der Waals surface area contributed by atoms with Crippen LogP contribution in [0.15, 0.2) is 56.1 Å².